The zero-order chi connectivity index (χ0) is 13.5. The number of alkyl halides is 3. The summed E-state index contributed by atoms with van der Waals surface area (Å²) in [7, 11) is 0. The first-order valence-corrected chi connectivity index (χ1v) is 5.75. The first-order chi connectivity index (χ1) is 8.32. The summed E-state index contributed by atoms with van der Waals surface area (Å²) in [6.45, 7) is 1.15. The SMILES string of the molecule is Cc1c(C(F)(F)F)[nH]n(-c2ccccc2Br)c1=O. The minimum Gasteiger partial charge on any atom is -0.286 e. The smallest absolute Gasteiger partial charge is 0.286 e. The van der Waals surface area contributed by atoms with Gasteiger partial charge in [0.1, 0.15) is 5.69 Å². The fourth-order valence-electron chi connectivity index (χ4n) is 1.60. The van der Waals surface area contributed by atoms with Gasteiger partial charge in [-0.15, -0.1) is 0 Å². The summed E-state index contributed by atoms with van der Waals surface area (Å²) in [6.07, 6.45) is -4.57. The van der Waals surface area contributed by atoms with Crippen molar-refractivity contribution < 1.29 is 13.2 Å². The third-order valence-electron chi connectivity index (χ3n) is 2.50. The number of aromatic amines is 1. The Morgan fingerprint density at radius 2 is 1.89 bits per heavy atom. The van der Waals surface area contributed by atoms with Crippen molar-refractivity contribution in [3.63, 3.8) is 0 Å². The topological polar surface area (TPSA) is 37.8 Å². The summed E-state index contributed by atoms with van der Waals surface area (Å²) in [5, 5.41) is 2.10. The zero-order valence-electron chi connectivity index (χ0n) is 9.18. The van der Waals surface area contributed by atoms with E-state index in [4.69, 9.17) is 0 Å². The summed E-state index contributed by atoms with van der Waals surface area (Å²) >= 11 is 3.19. The lowest BCUT2D eigenvalue weighted by molar-refractivity contribution is -0.141. The maximum absolute atomic E-state index is 12.7. The van der Waals surface area contributed by atoms with Crippen molar-refractivity contribution in [2.75, 3.05) is 0 Å². The molecule has 0 spiro atoms. The van der Waals surface area contributed by atoms with Gasteiger partial charge in [-0.3, -0.25) is 9.89 Å². The predicted octanol–water partition coefficient (Wildman–Crippen LogP) is 3.26. The molecule has 18 heavy (non-hydrogen) atoms. The molecule has 0 atom stereocenters. The van der Waals surface area contributed by atoms with Crippen molar-refractivity contribution in [3.8, 4) is 5.69 Å². The molecule has 0 aliphatic rings. The number of hydrogen-bond acceptors (Lipinski definition) is 1. The minimum absolute atomic E-state index is 0.334. The highest BCUT2D eigenvalue weighted by atomic mass is 79.9. The molecule has 3 nitrogen and oxygen atoms in total. The molecule has 0 fully saturated rings. The van der Waals surface area contributed by atoms with Gasteiger partial charge in [0.15, 0.2) is 0 Å². The van der Waals surface area contributed by atoms with Gasteiger partial charge in [-0.05, 0) is 35.0 Å². The van der Waals surface area contributed by atoms with Crippen molar-refractivity contribution in [1.82, 2.24) is 9.78 Å². The first kappa shape index (κ1) is 12.9. The number of rotatable bonds is 1. The summed E-state index contributed by atoms with van der Waals surface area (Å²) in [5.41, 5.74) is -1.75. The number of benzene rings is 1. The third-order valence-corrected chi connectivity index (χ3v) is 3.17. The quantitative estimate of drug-likeness (QED) is 0.860. The lowest BCUT2D eigenvalue weighted by Gasteiger charge is -2.06. The van der Waals surface area contributed by atoms with Gasteiger partial charge >= 0.3 is 6.18 Å². The molecule has 7 heteroatoms. The molecule has 1 heterocycles. The van der Waals surface area contributed by atoms with Crippen LogP contribution in [0.3, 0.4) is 0 Å². The van der Waals surface area contributed by atoms with Gasteiger partial charge in [0.2, 0.25) is 0 Å². The van der Waals surface area contributed by atoms with Crippen LogP contribution in [0.15, 0.2) is 33.5 Å². The molecule has 1 aromatic heterocycles. The van der Waals surface area contributed by atoms with Gasteiger partial charge in [-0.1, -0.05) is 12.1 Å². The fraction of sp³-hybridized carbons (Fsp3) is 0.182. The molecular weight excluding hydrogens is 313 g/mol. The zero-order valence-corrected chi connectivity index (χ0v) is 10.8. The van der Waals surface area contributed by atoms with E-state index in [0.717, 1.165) is 11.6 Å². The molecule has 2 aromatic rings. The van der Waals surface area contributed by atoms with Crippen molar-refractivity contribution in [3.05, 3.63) is 50.3 Å². The van der Waals surface area contributed by atoms with E-state index in [0.29, 0.717) is 10.2 Å². The minimum atomic E-state index is -4.57. The lowest BCUT2D eigenvalue weighted by Crippen LogP contribution is -2.16. The molecule has 0 amide bonds. The Labute approximate surface area is 108 Å². The number of H-pyrrole nitrogens is 1. The molecule has 0 aliphatic heterocycles. The van der Waals surface area contributed by atoms with E-state index in [9.17, 15) is 18.0 Å². The third kappa shape index (κ3) is 2.10. The molecule has 1 N–H and O–H groups in total. The van der Waals surface area contributed by atoms with E-state index in [-0.39, 0.29) is 5.56 Å². The standard InChI is InChI=1S/C11H8BrF3N2O/c1-6-9(11(13,14)15)16-17(10(6)18)8-5-3-2-4-7(8)12/h2-5,16H,1H3. The van der Waals surface area contributed by atoms with Crippen LogP contribution in [0.1, 0.15) is 11.3 Å². The van der Waals surface area contributed by atoms with E-state index in [2.05, 4.69) is 21.0 Å². The lowest BCUT2D eigenvalue weighted by atomic mass is 10.2. The summed E-state index contributed by atoms with van der Waals surface area (Å²) < 4.78 is 39.4. The van der Waals surface area contributed by atoms with Crippen molar-refractivity contribution in [2.24, 2.45) is 0 Å². The first-order valence-electron chi connectivity index (χ1n) is 4.96. The van der Waals surface area contributed by atoms with Crippen LogP contribution in [0.2, 0.25) is 0 Å². The Hall–Kier alpha value is -1.50. The monoisotopic (exact) mass is 320 g/mol. The molecule has 96 valence electrons. The Balaban J connectivity index is 2.69. The molecular formula is C11H8BrF3N2O. The summed E-state index contributed by atoms with van der Waals surface area (Å²) in [6, 6.07) is 6.53. The number of aromatic nitrogens is 2. The maximum atomic E-state index is 12.7. The summed E-state index contributed by atoms with van der Waals surface area (Å²) in [5.74, 6) is 0. The molecule has 2 rings (SSSR count). The van der Waals surface area contributed by atoms with E-state index in [1.807, 2.05) is 0 Å². The van der Waals surface area contributed by atoms with E-state index >= 15 is 0 Å². The van der Waals surface area contributed by atoms with E-state index < -0.39 is 17.4 Å². The largest absolute Gasteiger partial charge is 0.433 e. The van der Waals surface area contributed by atoms with Gasteiger partial charge < -0.3 is 0 Å². The molecule has 0 saturated heterocycles. The van der Waals surface area contributed by atoms with Crippen molar-refractivity contribution in [2.45, 2.75) is 13.1 Å². The van der Waals surface area contributed by atoms with Gasteiger partial charge in [0, 0.05) is 10.0 Å². The van der Waals surface area contributed by atoms with Crippen LogP contribution in [0, 0.1) is 6.92 Å². The van der Waals surface area contributed by atoms with Crippen molar-refractivity contribution >= 4 is 15.9 Å². The van der Waals surface area contributed by atoms with Gasteiger partial charge in [0.25, 0.3) is 5.56 Å². The second-order valence-corrected chi connectivity index (χ2v) is 4.56. The van der Waals surface area contributed by atoms with Crippen LogP contribution in [0.5, 0.6) is 0 Å². The van der Waals surface area contributed by atoms with Crippen LogP contribution in [-0.4, -0.2) is 9.78 Å². The number of halogens is 4. The predicted molar refractivity (Wildman–Crippen MR) is 63.8 cm³/mol. The number of para-hydroxylation sites is 1. The number of hydrogen-bond donors (Lipinski definition) is 1. The van der Waals surface area contributed by atoms with Gasteiger partial charge in [-0.25, -0.2) is 4.68 Å². The van der Waals surface area contributed by atoms with E-state index in [1.165, 1.54) is 0 Å². The molecule has 0 radical (unpaired) electrons. The van der Waals surface area contributed by atoms with E-state index in [1.54, 1.807) is 24.3 Å². The number of nitrogens with zero attached hydrogens (tertiary/aromatic N) is 1. The second kappa shape index (κ2) is 4.31. The Morgan fingerprint density at radius 1 is 1.28 bits per heavy atom. The molecule has 0 aliphatic carbocycles. The number of nitrogens with one attached hydrogen (secondary N) is 1. The Morgan fingerprint density at radius 3 is 2.39 bits per heavy atom. The summed E-state index contributed by atoms with van der Waals surface area (Å²) in [4.78, 5) is 11.8. The molecule has 1 aromatic carbocycles. The van der Waals surface area contributed by atoms with Crippen LogP contribution >= 0.6 is 15.9 Å². The molecule has 0 saturated carbocycles. The molecule has 0 bridgehead atoms. The van der Waals surface area contributed by atoms with Crippen LogP contribution < -0.4 is 5.56 Å². The highest BCUT2D eigenvalue weighted by molar-refractivity contribution is 9.10. The Kier molecular flexibility index (Phi) is 3.10. The average molecular weight is 321 g/mol. The normalized spacial score (nSPS) is 11.8. The van der Waals surface area contributed by atoms with Gasteiger partial charge in [-0.2, -0.15) is 13.2 Å². The molecule has 0 unspecified atom stereocenters. The average Bonchev–Trinajstić information content (AvgIpc) is 2.57. The highest BCUT2D eigenvalue weighted by Crippen LogP contribution is 2.29. The van der Waals surface area contributed by atoms with Gasteiger partial charge in [0.05, 0.1) is 5.69 Å². The van der Waals surface area contributed by atoms with Crippen LogP contribution in [0.25, 0.3) is 5.69 Å². The Bertz CT molecular complexity index is 642. The van der Waals surface area contributed by atoms with Crippen LogP contribution in [0.4, 0.5) is 13.2 Å². The maximum Gasteiger partial charge on any atom is 0.433 e. The van der Waals surface area contributed by atoms with Crippen LogP contribution in [-0.2, 0) is 6.18 Å². The van der Waals surface area contributed by atoms with Crippen molar-refractivity contribution in [1.29, 1.82) is 0 Å². The fourth-order valence-corrected chi connectivity index (χ4v) is 2.06. The second-order valence-electron chi connectivity index (χ2n) is 3.70. The highest BCUT2D eigenvalue weighted by Gasteiger charge is 2.36.